The predicted octanol–water partition coefficient (Wildman–Crippen LogP) is 0.0609. The standard InChI is InChI=1S/C29H39N5O8/c1-16(2)13-21(30)26(38)33-23(14-17-3-7-19(35)8-4-17)28(40)32-22(11-12-25(31)37)27(39)34-24(29(41)42)15-18-5-9-20(36)10-6-18/h3-10,16,21-24,35-36H,11-15,30H2,1-2H3,(H2,31,37)(H,32,40)(H,33,38)(H,34,39)(H,41,42). The van der Waals surface area contributed by atoms with Crippen LogP contribution in [-0.2, 0) is 36.8 Å². The summed E-state index contributed by atoms with van der Waals surface area (Å²) in [5.74, 6) is -4.21. The lowest BCUT2D eigenvalue weighted by molar-refractivity contribution is -0.142. The molecular weight excluding hydrogens is 546 g/mol. The van der Waals surface area contributed by atoms with Crippen LogP contribution in [0.4, 0.5) is 0 Å². The molecule has 13 heteroatoms. The minimum absolute atomic E-state index is 0.00576. The molecule has 4 atom stereocenters. The smallest absolute Gasteiger partial charge is 0.326 e. The number of rotatable bonds is 16. The molecule has 4 amide bonds. The highest BCUT2D eigenvalue weighted by atomic mass is 16.4. The quantitative estimate of drug-likeness (QED) is 0.133. The van der Waals surface area contributed by atoms with Crippen LogP contribution >= 0.6 is 0 Å². The average Bonchev–Trinajstić information content (AvgIpc) is 2.91. The maximum Gasteiger partial charge on any atom is 0.326 e. The molecule has 0 aliphatic carbocycles. The number of hydrogen-bond donors (Lipinski definition) is 8. The molecule has 0 spiro atoms. The number of phenols is 2. The van der Waals surface area contributed by atoms with Crippen LogP contribution in [0.25, 0.3) is 0 Å². The van der Waals surface area contributed by atoms with Gasteiger partial charge in [-0.15, -0.1) is 0 Å². The molecule has 42 heavy (non-hydrogen) atoms. The van der Waals surface area contributed by atoms with Crippen molar-refractivity contribution in [3.8, 4) is 11.5 Å². The maximum absolute atomic E-state index is 13.4. The lowest BCUT2D eigenvalue weighted by atomic mass is 10.0. The monoisotopic (exact) mass is 585 g/mol. The zero-order valence-corrected chi connectivity index (χ0v) is 23.6. The first-order valence-electron chi connectivity index (χ1n) is 13.5. The van der Waals surface area contributed by atoms with Crippen LogP contribution < -0.4 is 27.4 Å². The van der Waals surface area contributed by atoms with Crippen LogP contribution in [0.3, 0.4) is 0 Å². The molecule has 0 radical (unpaired) electrons. The number of nitrogens with two attached hydrogens (primary N) is 2. The summed E-state index contributed by atoms with van der Waals surface area (Å²) in [7, 11) is 0. The number of carbonyl (C=O) groups excluding carboxylic acids is 4. The van der Waals surface area contributed by atoms with E-state index in [1.807, 2.05) is 13.8 Å². The number of carboxylic acid groups (broad SMARTS) is 1. The van der Waals surface area contributed by atoms with Gasteiger partial charge in [0.25, 0.3) is 0 Å². The first-order chi connectivity index (χ1) is 19.7. The lowest BCUT2D eigenvalue weighted by Crippen LogP contribution is -2.58. The summed E-state index contributed by atoms with van der Waals surface area (Å²) < 4.78 is 0. The summed E-state index contributed by atoms with van der Waals surface area (Å²) >= 11 is 0. The van der Waals surface area contributed by atoms with E-state index < -0.39 is 53.8 Å². The van der Waals surface area contributed by atoms with Crippen LogP contribution in [0.5, 0.6) is 11.5 Å². The Bertz CT molecular complexity index is 1230. The van der Waals surface area contributed by atoms with E-state index in [1.165, 1.54) is 36.4 Å². The Kier molecular flexibility index (Phi) is 12.8. The van der Waals surface area contributed by atoms with Crippen molar-refractivity contribution in [2.24, 2.45) is 17.4 Å². The van der Waals surface area contributed by atoms with Crippen LogP contribution in [0, 0.1) is 5.92 Å². The zero-order chi connectivity index (χ0) is 31.4. The first kappa shape index (κ1) is 33.6. The fourth-order valence-electron chi connectivity index (χ4n) is 4.14. The SMILES string of the molecule is CC(C)CC(N)C(=O)NC(Cc1ccc(O)cc1)C(=O)NC(CCC(N)=O)C(=O)NC(Cc1ccc(O)cc1)C(=O)O. The molecule has 2 rings (SSSR count). The summed E-state index contributed by atoms with van der Waals surface area (Å²) in [6, 6.07) is 6.87. The molecule has 0 bridgehead atoms. The highest BCUT2D eigenvalue weighted by Crippen LogP contribution is 2.14. The predicted molar refractivity (Wildman–Crippen MR) is 153 cm³/mol. The Morgan fingerprint density at radius 2 is 1.14 bits per heavy atom. The Hall–Kier alpha value is -4.65. The fourth-order valence-corrected chi connectivity index (χ4v) is 4.14. The van der Waals surface area contributed by atoms with Gasteiger partial charge in [-0.3, -0.25) is 19.2 Å². The van der Waals surface area contributed by atoms with Gasteiger partial charge in [-0.2, -0.15) is 0 Å². The number of nitrogens with one attached hydrogen (secondary N) is 3. The van der Waals surface area contributed by atoms with E-state index in [1.54, 1.807) is 12.1 Å². The fraction of sp³-hybridized carbons (Fsp3) is 0.414. The van der Waals surface area contributed by atoms with E-state index in [9.17, 15) is 39.3 Å². The van der Waals surface area contributed by atoms with Crippen molar-refractivity contribution in [2.45, 2.75) is 70.1 Å². The second kappa shape index (κ2) is 16.0. The molecule has 228 valence electrons. The molecule has 13 nitrogen and oxygen atoms in total. The third kappa shape index (κ3) is 11.5. The number of aliphatic carboxylic acids is 1. The highest BCUT2D eigenvalue weighted by Gasteiger charge is 2.31. The number of amides is 4. The van der Waals surface area contributed by atoms with Gasteiger partial charge >= 0.3 is 5.97 Å². The Morgan fingerprint density at radius 1 is 0.714 bits per heavy atom. The number of benzene rings is 2. The van der Waals surface area contributed by atoms with E-state index in [0.717, 1.165) is 0 Å². The first-order valence-corrected chi connectivity index (χ1v) is 13.5. The topological polar surface area (TPSA) is 234 Å². The van der Waals surface area contributed by atoms with E-state index >= 15 is 0 Å². The number of hydrogen-bond acceptors (Lipinski definition) is 8. The van der Waals surface area contributed by atoms with Crippen LogP contribution in [0.2, 0.25) is 0 Å². The second-order valence-electron chi connectivity index (χ2n) is 10.5. The third-order valence-corrected chi connectivity index (χ3v) is 6.37. The molecule has 4 unspecified atom stereocenters. The van der Waals surface area contributed by atoms with Crippen molar-refractivity contribution in [1.82, 2.24) is 16.0 Å². The van der Waals surface area contributed by atoms with Gasteiger partial charge in [-0.25, -0.2) is 4.79 Å². The van der Waals surface area contributed by atoms with Crippen molar-refractivity contribution in [3.05, 3.63) is 59.7 Å². The molecule has 2 aromatic rings. The summed E-state index contributed by atoms with van der Waals surface area (Å²) in [6.45, 7) is 3.78. The number of aromatic hydroxyl groups is 2. The number of carboxylic acids is 1. The van der Waals surface area contributed by atoms with Crippen molar-refractivity contribution in [2.75, 3.05) is 0 Å². The van der Waals surface area contributed by atoms with Crippen molar-refractivity contribution < 1.29 is 39.3 Å². The normalized spacial score (nSPS) is 13.8. The molecule has 0 saturated heterocycles. The van der Waals surface area contributed by atoms with Crippen LogP contribution in [0.1, 0.15) is 44.2 Å². The van der Waals surface area contributed by atoms with E-state index in [2.05, 4.69) is 16.0 Å². The molecule has 0 heterocycles. The summed E-state index contributed by atoms with van der Waals surface area (Å²) in [5, 5.41) is 36.3. The molecule has 0 aliphatic rings. The minimum atomic E-state index is -1.39. The number of carbonyl (C=O) groups is 5. The third-order valence-electron chi connectivity index (χ3n) is 6.37. The van der Waals surface area contributed by atoms with Crippen molar-refractivity contribution >= 4 is 29.6 Å². The number of phenolic OH excluding ortho intramolecular Hbond substituents is 2. The molecule has 0 aromatic heterocycles. The molecule has 0 aliphatic heterocycles. The van der Waals surface area contributed by atoms with Crippen LogP contribution in [-0.4, -0.2) is 69.1 Å². The highest BCUT2D eigenvalue weighted by molar-refractivity contribution is 5.94. The lowest BCUT2D eigenvalue weighted by Gasteiger charge is -2.25. The maximum atomic E-state index is 13.4. The molecule has 10 N–H and O–H groups in total. The molecule has 2 aromatic carbocycles. The van der Waals surface area contributed by atoms with E-state index in [0.29, 0.717) is 17.5 Å². The van der Waals surface area contributed by atoms with E-state index in [-0.39, 0.29) is 43.1 Å². The van der Waals surface area contributed by atoms with Gasteiger partial charge in [0, 0.05) is 19.3 Å². The van der Waals surface area contributed by atoms with Gasteiger partial charge < -0.3 is 42.7 Å². The van der Waals surface area contributed by atoms with Gasteiger partial charge in [0.2, 0.25) is 23.6 Å². The zero-order valence-electron chi connectivity index (χ0n) is 23.6. The molecule has 0 fully saturated rings. The second-order valence-corrected chi connectivity index (χ2v) is 10.5. The Morgan fingerprint density at radius 3 is 1.60 bits per heavy atom. The Balaban J connectivity index is 2.26. The number of primary amides is 1. The van der Waals surface area contributed by atoms with E-state index in [4.69, 9.17) is 11.5 Å². The van der Waals surface area contributed by atoms with Crippen molar-refractivity contribution in [3.63, 3.8) is 0 Å². The molecule has 0 saturated carbocycles. The van der Waals surface area contributed by atoms with Gasteiger partial charge in [0.05, 0.1) is 6.04 Å². The minimum Gasteiger partial charge on any atom is -0.508 e. The summed E-state index contributed by atoms with van der Waals surface area (Å²) in [5.41, 5.74) is 12.4. The van der Waals surface area contributed by atoms with Gasteiger partial charge in [-0.1, -0.05) is 38.1 Å². The summed E-state index contributed by atoms with van der Waals surface area (Å²) in [6.07, 6.45) is -0.297. The van der Waals surface area contributed by atoms with Gasteiger partial charge in [0.15, 0.2) is 0 Å². The summed E-state index contributed by atoms with van der Waals surface area (Å²) in [4.78, 5) is 62.9. The Labute approximate surface area is 243 Å². The average molecular weight is 586 g/mol. The largest absolute Gasteiger partial charge is 0.508 e. The molecular formula is C29H39N5O8. The van der Waals surface area contributed by atoms with Crippen molar-refractivity contribution in [1.29, 1.82) is 0 Å². The van der Waals surface area contributed by atoms with Crippen LogP contribution in [0.15, 0.2) is 48.5 Å². The van der Waals surface area contributed by atoms with Gasteiger partial charge in [0.1, 0.15) is 29.6 Å². The van der Waals surface area contributed by atoms with Gasteiger partial charge in [-0.05, 0) is 54.2 Å².